The second kappa shape index (κ2) is 7.12. The summed E-state index contributed by atoms with van der Waals surface area (Å²) in [5.74, 6) is 9.59. The van der Waals surface area contributed by atoms with Gasteiger partial charge in [-0.1, -0.05) is 5.18 Å². The molecule has 22 heavy (non-hydrogen) atoms. The third-order valence-corrected chi connectivity index (χ3v) is 5.38. The lowest BCUT2D eigenvalue weighted by Crippen LogP contribution is -2.52. The van der Waals surface area contributed by atoms with E-state index in [9.17, 15) is 14.5 Å². The highest BCUT2D eigenvalue weighted by Crippen LogP contribution is 2.49. The molecular weight excluding hydrogens is 288 g/mol. The average molecular weight is 312 g/mol. The van der Waals surface area contributed by atoms with Crippen LogP contribution in [0.5, 0.6) is 0 Å². The van der Waals surface area contributed by atoms with Crippen molar-refractivity contribution in [1.29, 1.82) is 0 Å². The summed E-state index contributed by atoms with van der Waals surface area (Å²) < 4.78 is 0. The van der Waals surface area contributed by atoms with Gasteiger partial charge in [-0.05, 0) is 49.9 Å². The minimum atomic E-state index is -0.772. The van der Waals surface area contributed by atoms with Gasteiger partial charge in [-0.15, -0.1) is 4.91 Å². The van der Waals surface area contributed by atoms with E-state index >= 15 is 0 Å². The summed E-state index contributed by atoms with van der Waals surface area (Å²) in [6, 6.07) is 0. The SMILES string of the molecule is NNC(=O)C1CCC(C(=O)NN)C2CC(C(N)N=O)CCC12. The van der Waals surface area contributed by atoms with E-state index in [1.807, 2.05) is 0 Å². The Balaban J connectivity index is 2.21. The van der Waals surface area contributed by atoms with E-state index in [1.54, 1.807) is 0 Å². The zero-order chi connectivity index (χ0) is 16.3. The summed E-state index contributed by atoms with van der Waals surface area (Å²) in [5, 5.41) is 2.91. The Morgan fingerprint density at radius 2 is 1.50 bits per heavy atom. The number of nitrogens with zero attached hydrogens (tertiary/aromatic N) is 1. The predicted octanol–water partition coefficient (Wildman–Crippen LogP) is -0.924. The fourth-order valence-electron chi connectivity index (χ4n) is 4.27. The third-order valence-electron chi connectivity index (χ3n) is 5.38. The van der Waals surface area contributed by atoms with Crippen molar-refractivity contribution in [1.82, 2.24) is 10.9 Å². The van der Waals surface area contributed by atoms with E-state index < -0.39 is 6.17 Å². The van der Waals surface area contributed by atoms with Crippen LogP contribution < -0.4 is 28.3 Å². The lowest BCUT2D eigenvalue weighted by atomic mass is 9.58. The molecule has 0 spiro atoms. The first-order chi connectivity index (χ1) is 10.5. The summed E-state index contributed by atoms with van der Waals surface area (Å²) in [6.45, 7) is 0. The molecule has 9 heteroatoms. The Morgan fingerprint density at radius 1 is 0.955 bits per heavy atom. The first kappa shape index (κ1) is 16.8. The number of nitroso groups, excluding NO2 is 1. The van der Waals surface area contributed by atoms with Gasteiger partial charge in [0, 0.05) is 11.8 Å². The Hall–Kier alpha value is -1.58. The zero-order valence-corrected chi connectivity index (χ0v) is 12.4. The van der Waals surface area contributed by atoms with E-state index in [0.29, 0.717) is 19.3 Å². The number of hydrogen-bond acceptors (Lipinski definition) is 7. The number of hydrazine groups is 2. The van der Waals surface area contributed by atoms with Crippen molar-refractivity contribution in [3.8, 4) is 0 Å². The maximum absolute atomic E-state index is 12.0. The molecule has 0 heterocycles. The van der Waals surface area contributed by atoms with Crippen LogP contribution in [-0.4, -0.2) is 18.0 Å². The molecule has 2 aliphatic carbocycles. The standard InChI is InChI=1S/C13H24N6O3/c14-11(19-22)6-1-2-7-8(12(20)17-15)3-4-9(10(7)5-6)13(21)18-16/h6-11H,1-5,14-16H2,(H,17,20)(H,18,21). The molecular formula is C13H24N6O3. The molecule has 0 radical (unpaired) electrons. The number of carbonyl (C=O) groups excluding carboxylic acids is 2. The molecule has 0 bridgehead atoms. The summed E-state index contributed by atoms with van der Waals surface area (Å²) in [6.07, 6.45) is 2.45. The van der Waals surface area contributed by atoms with Crippen LogP contribution in [0, 0.1) is 34.5 Å². The number of nitrogens with one attached hydrogen (secondary N) is 2. The van der Waals surface area contributed by atoms with Gasteiger partial charge in [0.2, 0.25) is 11.8 Å². The van der Waals surface area contributed by atoms with Crippen molar-refractivity contribution >= 4 is 11.8 Å². The topological polar surface area (TPSA) is 166 Å². The molecule has 6 atom stereocenters. The Kier molecular flexibility index (Phi) is 5.43. The van der Waals surface area contributed by atoms with Gasteiger partial charge >= 0.3 is 0 Å². The molecule has 124 valence electrons. The molecule has 0 saturated heterocycles. The summed E-state index contributed by atoms with van der Waals surface area (Å²) in [5.41, 5.74) is 10.2. The van der Waals surface area contributed by atoms with Gasteiger partial charge < -0.3 is 5.73 Å². The summed E-state index contributed by atoms with van der Waals surface area (Å²) in [7, 11) is 0. The van der Waals surface area contributed by atoms with Crippen LogP contribution in [0.2, 0.25) is 0 Å². The second-order valence-corrected chi connectivity index (χ2v) is 6.30. The Bertz CT molecular complexity index is 445. The molecule has 0 aromatic heterocycles. The van der Waals surface area contributed by atoms with Crippen LogP contribution in [0.15, 0.2) is 5.18 Å². The molecule has 2 amide bonds. The molecule has 2 rings (SSSR count). The first-order valence-electron chi connectivity index (χ1n) is 7.62. The normalized spacial score (nSPS) is 35.9. The molecule has 2 saturated carbocycles. The van der Waals surface area contributed by atoms with Crippen LogP contribution in [0.1, 0.15) is 32.1 Å². The van der Waals surface area contributed by atoms with Crippen LogP contribution in [0.25, 0.3) is 0 Å². The highest BCUT2D eigenvalue weighted by molar-refractivity contribution is 5.81. The first-order valence-corrected chi connectivity index (χ1v) is 7.62. The van der Waals surface area contributed by atoms with Gasteiger partial charge in [0.25, 0.3) is 0 Å². The molecule has 0 aromatic carbocycles. The van der Waals surface area contributed by atoms with Gasteiger partial charge in [0.15, 0.2) is 0 Å². The minimum absolute atomic E-state index is 0.0360. The minimum Gasteiger partial charge on any atom is -0.307 e. The fraction of sp³-hybridized carbons (Fsp3) is 0.846. The number of nitrogens with two attached hydrogens (primary N) is 3. The Morgan fingerprint density at radius 3 is 2.00 bits per heavy atom. The van der Waals surface area contributed by atoms with E-state index in [4.69, 9.17) is 17.4 Å². The van der Waals surface area contributed by atoms with E-state index in [1.165, 1.54) is 0 Å². The van der Waals surface area contributed by atoms with Crippen molar-refractivity contribution in [2.75, 3.05) is 0 Å². The summed E-state index contributed by atoms with van der Waals surface area (Å²) in [4.78, 5) is 34.7. The lowest BCUT2D eigenvalue weighted by Gasteiger charge is -2.46. The average Bonchev–Trinajstić information content (AvgIpc) is 2.58. The maximum atomic E-state index is 12.0. The van der Waals surface area contributed by atoms with E-state index in [2.05, 4.69) is 16.0 Å². The van der Waals surface area contributed by atoms with E-state index in [-0.39, 0.29) is 41.4 Å². The fourth-order valence-corrected chi connectivity index (χ4v) is 4.27. The number of rotatable bonds is 4. The quantitative estimate of drug-likeness (QED) is 0.195. The largest absolute Gasteiger partial charge is 0.307 e. The second-order valence-electron chi connectivity index (χ2n) is 6.30. The number of carbonyl (C=O) groups is 2. The Labute approximate surface area is 128 Å². The van der Waals surface area contributed by atoms with Gasteiger partial charge in [0.05, 0.1) is 0 Å². The molecule has 8 N–H and O–H groups in total. The smallest absolute Gasteiger partial charge is 0.237 e. The van der Waals surface area contributed by atoms with Crippen LogP contribution in [0.3, 0.4) is 0 Å². The van der Waals surface area contributed by atoms with Crippen molar-refractivity contribution in [2.45, 2.75) is 38.3 Å². The molecule has 9 nitrogen and oxygen atoms in total. The van der Waals surface area contributed by atoms with Gasteiger partial charge in [-0.2, -0.15) is 0 Å². The van der Waals surface area contributed by atoms with Crippen LogP contribution in [0.4, 0.5) is 0 Å². The zero-order valence-electron chi connectivity index (χ0n) is 12.4. The third kappa shape index (κ3) is 3.11. The molecule has 0 aromatic rings. The maximum Gasteiger partial charge on any atom is 0.237 e. The number of fused-ring (bicyclic) bond motifs is 1. The van der Waals surface area contributed by atoms with Crippen molar-refractivity contribution in [3.05, 3.63) is 4.91 Å². The van der Waals surface area contributed by atoms with Gasteiger partial charge in [0.1, 0.15) is 6.17 Å². The van der Waals surface area contributed by atoms with Crippen LogP contribution in [-0.2, 0) is 9.59 Å². The highest BCUT2D eigenvalue weighted by Gasteiger charge is 2.48. The molecule has 2 fully saturated rings. The highest BCUT2D eigenvalue weighted by atomic mass is 16.3. The van der Waals surface area contributed by atoms with Crippen molar-refractivity contribution in [3.63, 3.8) is 0 Å². The van der Waals surface area contributed by atoms with Gasteiger partial charge in [-0.3, -0.25) is 20.4 Å². The van der Waals surface area contributed by atoms with Crippen LogP contribution >= 0.6 is 0 Å². The van der Waals surface area contributed by atoms with Crippen molar-refractivity contribution < 1.29 is 9.59 Å². The van der Waals surface area contributed by atoms with E-state index in [0.717, 1.165) is 12.8 Å². The van der Waals surface area contributed by atoms with Crippen molar-refractivity contribution in [2.24, 2.45) is 52.2 Å². The predicted molar refractivity (Wildman–Crippen MR) is 79.0 cm³/mol. The molecule has 2 aliphatic rings. The number of amides is 2. The monoisotopic (exact) mass is 312 g/mol. The van der Waals surface area contributed by atoms with Gasteiger partial charge in [-0.25, -0.2) is 11.7 Å². The number of hydrogen-bond donors (Lipinski definition) is 5. The molecule has 6 unspecified atom stereocenters. The summed E-state index contributed by atoms with van der Waals surface area (Å²) >= 11 is 0. The molecule has 0 aliphatic heterocycles. The lowest BCUT2D eigenvalue weighted by molar-refractivity contribution is -0.138.